The minimum absolute atomic E-state index is 0.321. The Labute approximate surface area is 108 Å². The van der Waals surface area contributed by atoms with E-state index >= 15 is 0 Å². The highest BCUT2D eigenvalue weighted by molar-refractivity contribution is 5.80. The first-order valence-corrected chi connectivity index (χ1v) is 6.53. The number of primary amides is 1. The summed E-state index contributed by atoms with van der Waals surface area (Å²) in [5, 5.41) is 0. The molecule has 1 aliphatic rings. The predicted molar refractivity (Wildman–Crippen MR) is 71.6 cm³/mol. The van der Waals surface area contributed by atoms with Gasteiger partial charge in [-0.3, -0.25) is 4.79 Å². The molecule has 3 heteroatoms. The molecule has 2 rings (SSSR count). The van der Waals surface area contributed by atoms with Gasteiger partial charge in [0.25, 0.3) is 0 Å². The number of nitrogens with two attached hydrogens (primary N) is 1. The summed E-state index contributed by atoms with van der Waals surface area (Å²) in [6.45, 7) is 3.92. The van der Waals surface area contributed by atoms with Crippen molar-refractivity contribution in [2.75, 3.05) is 6.61 Å². The summed E-state index contributed by atoms with van der Waals surface area (Å²) >= 11 is 0. The first-order chi connectivity index (χ1) is 8.49. The van der Waals surface area contributed by atoms with Crippen LogP contribution in [0.15, 0.2) is 18.2 Å². The lowest BCUT2D eigenvalue weighted by atomic mass is 9.91. The molecule has 0 fully saturated rings. The van der Waals surface area contributed by atoms with Crippen LogP contribution in [-0.4, -0.2) is 12.5 Å². The second-order valence-electron chi connectivity index (χ2n) is 5.67. The van der Waals surface area contributed by atoms with Crippen LogP contribution in [0.2, 0.25) is 0 Å². The molecule has 0 atom stereocenters. The van der Waals surface area contributed by atoms with Crippen molar-refractivity contribution in [2.24, 2.45) is 11.1 Å². The van der Waals surface area contributed by atoms with Crippen LogP contribution >= 0.6 is 0 Å². The molecule has 0 unspecified atom stereocenters. The zero-order chi connectivity index (χ0) is 13.2. The SMILES string of the molecule is CC(C)(COc1ccc2c(c1)CCCC2)C(N)=O. The monoisotopic (exact) mass is 247 g/mol. The van der Waals surface area contributed by atoms with Crippen LogP contribution in [0.1, 0.15) is 37.8 Å². The molecule has 2 N–H and O–H groups in total. The number of hydrogen-bond donors (Lipinski definition) is 1. The van der Waals surface area contributed by atoms with Gasteiger partial charge in [0.1, 0.15) is 12.4 Å². The van der Waals surface area contributed by atoms with Crippen LogP contribution in [-0.2, 0) is 17.6 Å². The molecule has 1 aromatic rings. The Hall–Kier alpha value is -1.51. The summed E-state index contributed by atoms with van der Waals surface area (Å²) < 4.78 is 5.70. The molecule has 0 saturated carbocycles. The molecule has 0 radical (unpaired) electrons. The first-order valence-electron chi connectivity index (χ1n) is 6.53. The Morgan fingerprint density at radius 3 is 2.61 bits per heavy atom. The normalized spacial score (nSPS) is 15.0. The van der Waals surface area contributed by atoms with Crippen LogP contribution in [0.25, 0.3) is 0 Å². The van der Waals surface area contributed by atoms with Gasteiger partial charge in [0.15, 0.2) is 0 Å². The number of carbonyl (C=O) groups is 1. The zero-order valence-corrected chi connectivity index (χ0v) is 11.2. The Bertz CT molecular complexity index is 452. The molecule has 18 heavy (non-hydrogen) atoms. The van der Waals surface area contributed by atoms with E-state index in [4.69, 9.17) is 10.5 Å². The molecule has 1 aliphatic carbocycles. The lowest BCUT2D eigenvalue weighted by molar-refractivity contribution is -0.127. The maximum atomic E-state index is 11.2. The van der Waals surface area contributed by atoms with Gasteiger partial charge in [-0.15, -0.1) is 0 Å². The van der Waals surface area contributed by atoms with E-state index in [-0.39, 0.29) is 5.91 Å². The fourth-order valence-electron chi connectivity index (χ4n) is 2.13. The van der Waals surface area contributed by atoms with E-state index in [9.17, 15) is 4.79 Å². The molecule has 0 aliphatic heterocycles. The topological polar surface area (TPSA) is 52.3 Å². The van der Waals surface area contributed by atoms with Crippen molar-refractivity contribution in [2.45, 2.75) is 39.5 Å². The van der Waals surface area contributed by atoms with Crippen molar-refractivity contribution < 1.29 is 9.53 Å². The third-order valence-corrected chi connectivity index (χ3v) is 3.59. The molecule has 0 aromatic heterocycles. The lowest BCUT2D eigenvalue weighted by Crippen LogP contribution is -2.36. The van der Waals surface area contributed by atoms with Gasteiger partial charge in [-0.2, -0.15) is 0 Å². The van der Waals surface area contributed by atoms with Crippen LogP contribution < -0.4 is 10.5 Å². The smallest absolute Gasteiger partial charge is 0.226 e. The van der Waals surface area contributed by atoms with E-state index in [1.165, 1.54) is 30.4 Å². The Kier molecular flexibility index (Phi) is 3.60. The highest BCUT2D eigenvalue weighted by atomic mass is 16.5. The second-order valence-corrected chi connectivity index (χ2v) is 5.67. The van der Waals surface area contributed by atoms with Gasteiger partial charge in [0.05, 0.1) is 5.41 Å². The quantitative estimate of drug-likeness (QED) is 0.888. The largest absolute Gasteiger partial charge is 0.492 e. The molecule has 1 aromatic carbocycles. The molecule has 3 nitrogen and oxygen atoms in total. The van der Waals surface area contributed by atoms with Gasteiger partial charge in [-0.25, -0.2) is 0 Å². The molecule has 0 heterocycles. The maximum Gasteiger partial charge on any atom is 0.226 e. The van der Waals surface area contributed by atoms with E-state index in [0.717, 1.165) is 12.2 Å². The van der Waals surface area contributed by atoms with Gasteiger partial charge in [-0.05, 0) is 62.8 Å². The summed E-state index contributed by atoms with van der Waals surface area (Å²) in [4.78, 5) is 11.2. The van der Waals surface area contributed by atoms with Crippen LogP contribution in [0.5, 0.6) is 5.75 Å². The molecule has 98 valence electrons. The highest BCUT2D eigenvalue weighted by Crippen LogP contribution is 2.26. The van der Waals surface area contributed by atoms with Crippen molar-refractivity contribution in [1.82, 2.24) is 0 Å². The minimum Gasteiger partial charge on any atom is -0.492 e. The summed E-state index contributed by atoms with van der Waals surface area (Å²) in [6.07, 6.45) is 4.83. The summed E-state index contributed by atoms with van der Waals surface area (Å²) in [5.74, 6) is 0.505. The van der Waals surface area contributed by atoms with Gasteiger partial charge in [-0.1, -0.05) is 6.07 Å². The van der Waals surface area contributed by atoms with Crippen LogP contribution in [0.3, 0.4) is 0 Å². The number of hydrogen-bond acceptors (Lipinski definition) is 2. The van der Waals surface area contributed by atoms with E-state index < -0.39 is 5.41 Å². The predicted octanol–water partition coefficient (Wildman–Crippen LogP) is 2.46. The Balaban J connectivity index is 2.04. The van der Waals surface area contributed by atoms with Crippen molar-refractivity contribution in [3.05, 3.63) is 29.3 Å². The third kappa shape index (κ3) is 2.84. The molecule has 0 spiro atoms. The van der Waals surface area contributed by atoms with Crippen molar-refractivity contribution in [3.8, 4) is 5.75 Å². The van der Waals surface area contributed by atoms with E-state index in [1.54, 1.807) is 13.8 Å². The molecular weight excluding hydrogens is 226 g/mol. The van der Waals surface area contributed by atoms with Crippen molar-refractivity contribution in [3.63, 3.8) is 0 Å². The van der Waals surface area contributed by atoms with E-state index in [2.05, 4.69) is 12.1 Å². The van der Waals surface area contributed by atoms with Crippen molar-refractivity contribution >= 4 is 5.91 Å². The molecule has 1 amide bonds. The lowest BCUT2D eigenvalue weighted by Gasteiger charge is -2.22. The van der Waals surface area contributed by atoms with Gasteiger partial charge in [0, 0.05) is 0 Å². The number of ether oxygens (including phenoxy) is 1. The van der Waals surface area contributed by atoms with Crippen LogP contribution in [0.4, 0.5) is 0 Å². The molecule has 0 bridgehead atoms. The number of benzene rings is 1. The third-order valence-electron chi connectivity index (χ3n) is 3.59. The second kappa shape index (κ2) is 5.01. The fourth-order valence-corrected chi connectivity index (χ4v) is 2.13. The number of rotatable bonds is 4. The summed E-state index contributed by atoms with van der Waals surface area (Å²) in [6, 6.07) is 6.23. The number of amides is 1. The molecular formula is C15H21NO2. The zero-order valence-electron chi connectivity index (χ0n) is 11.2. The van der Waals surface area contributed by atoms with Crippen LogP contribution in [0, 0.1) is 5.41 Å². The summed E-state index contributed by atoms with van der Waals surface area (Å²) in [5.41, 5.74) is 7.52. The van der Waals surface area contributed by atoms with Gasteiger partial charge < -0.3 is 10.5 Å². The maximum absolute atomic E-state index is 11.2. The van der Waals surface area contributed by atoms with Crippen molar-refractivity contribution in [1.29, 1.82) is 0 Å². The van der Waals surface area contributed by atoms with E-state index in [1.807, 2.05) is 6.07 Å². The fraction of sp³-hybridized carbons (Fsp3) is 0.533. The molecule has 0 saturated heterocycles. The average Bonchev–Trinajstić information content (AvgIpc) is 2.36. The number of aryl methyl sites for hydroxylation is 2. The Morgan fingerprint density at radius 2 is 1.94 bits per heavy atom. The standard InChI is InChI=1S/C15H21NO2/c1-15(2,14(16)17)10-18-13-8-7-11-5-3-4-6-12(11)9-13/h7-9H,3-6,10H2,1-2H3,(H2,16,17). The minimum atomic E-state index is -0.629. The van der Waals surface area contributed by atoms with Gasteiger partial charge >= 0.3 is 0 Å². The van der Waals surface area contributed by atoms with E-state index in [0.29, 0.717) is 6.61 Å². The number of fused-ring (bicyclic) bond motifs is 1. The Morgan fingerprint density at radius 1 is 1.28 bits per heavy atom. The van der Waals surface area contributed by atoms with Gasteiger partial charge in [0.2, 0.25) is 5.91 Å². The summed E-state index contributed by atoms with van der Waals surface area (Å²) in [7, 11) is 0. The first kappa shape index (κ1) is 12.9. The highest BCUT2D eigenvalue weighted by Gasteiger charge is 2.26. The average molecular weight is 247 g/mol. The number of carbonyl (C=O) groups excluding carboxylic acids is 1.